The second kappa shape index (κ2) is 14.9. The summed E-state index contributed by atoms with van der Waals surface area (Å²) in [5.74, 6) is 1.01. The van der Waals surface area contributed by atoms with E-state index in [9.17, 15) is 9.18 Å². The molecule has 3 aromatic carbocycles. The van der Waals surface area contributed by atoms with Crippen molar-refractivity contribution in [3.63, 3.8) is 0 Å². The topological polar surface area (TPSA) is 76.8 Å². The van der Waals surface area contributed by atoms with Gasteiger partial charge in [-0.25, -0.2) is 4.39 Å². The van der Waals surface area contributed by atoms with Crippen molar-refractivity contribution in [3.05, 3.63) is 78.1 Å². The Balaban J connectivity index is 1.78. The molecule has 0 aliphatic heterocycles. The minimum absolute atomic E-state index is 0.225. The third-order valence-corrected chi connectivity index (χ3v) is 6.15. The van der Waals surface area contributed by atoms with Gasteiger partial charge in [-0.05, 0) is 67.4 Å². The Morgan fingerprint density at radius 3 is 2.35 bits per heavy atom. The number of amides is 1. The molecule has 0 aliphatic carbocycles. The summed E-state index contributed by atoms with van der Waals surface area (Å²) in [4.78, 5) is 14.4. The fourth-order valence-corrected chi connectivity index (χ4v) is 4.14. The SMILES string of the molecule is COc1ccc(NCCCCCCCCN)c(CN(C(C)=O)c2cc(F)ccc2Oc2ccccc2)c1. The molecule has 0 saturated carbocycles. The molecule has 0 aliphatic rings. The highest BCUT2D eigenvalue weighted by molar-refractivity contribution is 5.93. The molecule has 0 atom stereocenters. The summed E-state index contributed by atoms with van der Waals surface area (Å²) in [5, 5.41) is 3.51. The van der Waals surface area contributed by atoms with Crippen molar-refractivity contribution in [2.75, 3.05) is 30.4 Å². The molecule has 3 rings (SSSR count). The molecule has 0 aromatic heterocycles. The zero-order chi connectivity index (χ0) is 26.5. The van der Waals surface area contributed by atoms with Gasteiger partial charge in [-0.2, -0.15) is 0 Å². The number of hydrogen-bond acceptors (Lipinski definition) is 5. The highest BCUT2D eigenvalue weighted by Gasteiger charge is 2.20. The first-order chi connectivity index (χ1) is 18.0. The Kier molecular flexibility index (Phi) is 11.2. The molecular weight excluding hydrogens is 469 g/mol. The second-order valence-electron chi connectivity index (χ2n) is 8.99. The van der Waals surface area contributed by atoms with E-state index < -0.39 is 5.82 Å². The van der Waals surface area contributed by atoms with Crippen LogP contribution in [0.4, 0.5) is 15.8 Å². The molecule has 6 nitrogen and oxygen atoms in total. The van der Waals surface area contributed by atoms with Gasteiger partial charge in [0.15, 0.2) is 5.75 Å². The normalized spacial score (nSPS) is 10.7. The number of ether oxygens (including phenoxy) is 2. The maximum Gasteiger partial charge on any atom is 0.224 e. The maximum absolute atomic E-state index is 14.4. The molecule has 1 amide bonds. The summed E-state index contributed by atoms with van der Waals surface area (Å²) in [7, 11) is 1.61. The lowest BCUT2D eigenvalue weighted by Gasteiger charge is -2.25. The van der Waals surface area contributed by atoms with E-state index in [0.717, 1.165) is 43.6 Å². The molecule has 0 saturated heterocycles. The van der Waals surface area contributed by atoms with Crippen LogP contribution in [0.2, 0.25) is 0 Å². The largest absolute Gasteiger partial charge is 0.497 e. The molecule has 0 heterocycles. The molecule has 0 bridgehead atoms. The molecule has 0 radical (unpaired) electrons. The molecule has 0 fully saturated rings. The number of para-hydroxylation sites is 1. The van der Waals surface area contributed by atoms with Crippen LogP contribution in [0.1, 0.15) is 51.0 Å². The number of rotatable bonds is 15. The first-order valence-corrected chi connectivity index (χ1v) is 12.9. The van der Waals surface area contributed by atoms with Crippen molar-refractivity contribution in [2.45, 2.75) is 52.0 Å². The molecule has 0 spiro atoms. The van der Waals surface area contributed by atoms with Gasteiger partial charge in [0.25, 0.3) is 0 Å². The van der Waals surface area contributed by atoms with Gasteiger partial charge in [-0.1, -0.05) is 43.9 Å². The number of nitrogens with one attached hydrogen (secondary N) is 1. The third-order valence-electron chi connectivity index (χ3n) is 6.15. The van der Waals surface area contributed by atoms with E-state index in [4.69, 9.17) is 15.2 Å². The van der Waals surface area contributed by atoms with Crippen LogP contribution in [0.3, 0.4) is 0 Å². The zero-order valence-electron chi connectivity index (χ0n) is 21.8. The van der Waals surface area contributed by atoms with E-state index in [0.29, 0.717) is 22.9 Å². The van der Waals surface area contributed by atoms with Gasteiger partial charge in [0.2, 0.25) is 5.91 Å². The smallest absolute Gasteiger partial charge is 0.224 e. The van der Waals surface area contributed by atoms with Gasteiger partial charge in [0.05, 0.1) is 19.3 Å². The van der Waals surface area contributed by atoms with Gasteiger partial charge in [-0.3, -0.25) is 4.79 Å². The Bertz CT molecular complexity index is 1120. The van der Waals surface area contributed by atoms with E-state index in [1.165, 1.54) is 43.2 Å². The van der Waals surface area contributed by atoms with Gasteiger partial charge < -0.3 is 25.4 Å². The number of hydrogen-bond donors (Lipinski definition) is 2. The number of benzene rings is 3. The number of unbranched alkanes of at least 4 members (excludes halogenated alkanes) is 5. The van der Waals surface area contributed by atoms with Crippen molar-refractivity contribution in [1.82, 2.24) is 0 Å². The second-order valence-corrected chi connectivity index (χ2v) is 8.99. The monoisotopic (exact) mass is 507 g/mol. The summed E-state index contributed by atoms with van der Waals surface area (Å²) < 4.78 is 25.8. The maximum atomic E-state index is 14.4. The minimum atomic E-state index is -0.447. The van der Waals surface area contributed by atoms with E-state index in [1.54, 1.807) is 13.2 Å². The predicted molar refractivity (Wildman–Crippen MR) is 148 cm³/mol. The summed E-state index contributed by atoms with van der Waals surface area (Å²) in [6.07, 6.45) is 6.86. The van der Waals surface area contributed by atoms with Crippen LogP contribution >= 0.6 is 0 Å². The van der Waals surface area contributed by atoms with Crippen LogP contribution in [0.25, 0.3) is 0 Å². The summed E-state index contributed by atoms with van der Waals surface area (Å²) in [6.45, 7) is 3.27. The Morgan fingerprint density at radius 2 is 1.65 bits per heavy atom. The van der Waals surface area contributed by atoms with E-state index >= 15 is 0 Å². The van der Waals surface area contributed by atoms with Crippen LogP contribution in [0.15, 0.2) is 66.7 Å². The van der Waals surface area contributed by atoms with Crippen LogP contribution < -0.4 is 25.4 Å². The lowest BCUT2D eigenvalue weighted by Crippen LogP contribution is -2.29. The quantitative estimate of drug-likeness (QED) is 0.219. The lowest BCUT2D eigenvalue weighted by atomic mass is 10.1. The minimum Gasteiger partial charge on any atom is -0.497 e. The number of anilines is 2. The fraction of sp³-hybridized carbons (Fsp3) is 0.367. The number of nitrogens with zero attached hydrogens (tertiary/aromatic N) is 1. The van der Waals surface area contributed by atoms with E-state index in [2.05, 4.69) is 5.32 Å². The fourth-order valence-electron chi connectivity index (χ4n) is 4.14. The van der Waals surface area contributed by atoms with Gasteiger partial charge in [0, 0.05) is 25.2 Å². The molecule has 37 heavy (non-hydrogen) atoms. The highest BCUT2D eigenvalue weighted by Crippen LogP contribution is 2.35. The average molecular weight is 508 g/mol. The third kappa shape index (κ3) is 8.79. The van der Waals surface area contributed by atoms with Crippen molar-refractivity contribution < 1.29 is 18.7 Å². The lowest BCUT2D eigenvalue weighted by molar-refractivity contribution is -0.116. The number of methoxy groups -OCH3 is 1. The first kappa shape index (κ1) is 28.0. The molecule has 0 unspecified atom stereocenters. The average Bonchev–Trinajstić information content (AvgIpc) is 2.90. The molecular formula is C30H38FN3O3. The molecule has 7 heteroatoms. The van der Waals surface area contributed by atoms with Crippen LogP contribution in [-0.4, -0.2) is 26.1 Å². The summed E-state index contributed by atoms with van der Waals surface area (Å²) in [6, 6.07) is 19.2. The first-order valence-electron chi connectivity index (χ1n) is 12.9. The molecule has 198 valence electrons. The van der Waals surface area contributed by atoms with E-state index in [1.807, 2.05) is 48.5 Å². The molecule has 3 aromatic rings. The van der Waals surface area contributed by atoms with Gasteiger partial charge >= 0.3 is 0 Å². The Morgan fingerprint density at radius 1 is 0.919 bits per heavy atom. The summed E-state index contributed by atoms with van der Waals surface area (Å²) >= 11 is 0. The molecule has 3 N–H and O–H groups in total. The van der Waals surface area contributed by atoms with Crippen molar-refractivity contribution in [2.24, 2.45) is 5.73 Å². The number of carbonyl (C=O) groups is 1. The predicted octanol–water partition coefficient (Wildman–Crippen LogP) is 6.89. The van der Waals surface area contributed by atoms with Crippen molar-refractivity contribution >= 4 is 17.3 Å². The number of nitrogens with two attached hydrogens (primary N) is 1. The van der Waals surface area contributed by atoms with Crippen LogP contribution in [0.5, 0.6) is 17.2 Å². The van der Waals surface area contributed by atoms with Crippen molar-refractivity contribution in [3.8, 4) is 17.2 Å². The number of halogens is 1. The Hall–Kier alpha value is -3.58. The van der Waals surface area contributed by atoms with Gasteiger partial charge in [0.1, 0.15) is 17.3 Å². The summed E-state index contributed by atoms with van der Waals surface area (Å²) in [5.41, 5.74) is 7.71. The standard InChI is InChI=1S/C30H38FN3O3/c1-23(35)34(29-21-25(31)14-17-30(29)37-26-12-8-7-9-13-26)22-24-20-27(36-2)15-16-28(24)33-19-11-6-4-3-5-10-18-32/h7-9,12-17,20-21,33H,3-6,10-11,18-19,22,32H2,1-2H3. The number of carbonyl (C=O) groups excluding carboxylic acids is 1. The highest BCUT2D eigenvalue weighted by atomic mass is 19.1. The van der Waals surface area contributed by atoms with Crippen molar-refractivity contribution in [1.29, 1.82) is 0 Å². The van der Waals surface area contributed by atoms with Crippen LogP contribution in [0, 0.1) is 5.82 Å². The van der Waals surface area contributed by atoms with Crippen LogP contribution in [-0.2, 0) is 11.3 Å². The van der Waals surface area contributed by atoms with Gasteiger partial charge in [-0.15, -0.1) is 0 Å². The zero-order valence-corrected chi connectivity index (χ0v) is 21.8. The Labute approximate surface area is 219 Å². The van der Waals surface area contributed by atoms with E-state index in [-0.39, 0.29) is 12.5 Å².